The van der Waals surface area contributed by atoms with Crippen molar-refractivity contribution in [3.8, 4) is 0 Å². The molecule has 2 aromatic rings. The third kappa shape index (κ3) is 1.38. The lowest BCUT2D eigenvalue weighted by atomic mass is 9.83. The highest BCUT2D eigenvalue weighted by atomic mass is 16.1. The van der Waals surface area contributed by atoms with Crippen LogP contribution in [0.15, 0.2) is 30.5 Å². The first-order valence-corrected chi connectivity index (χ1v) is 6.93. The number of carbonyl (C=O) groups excluding carboxylic acids is 1. The van der Waals surface area contributed by atoms with E-state index >= 15 is 0 Å². The Hall–Kier alpha value is -1.57. The second-order valence-electron chi connectivity index (χ2n) is 5.89. The second-order valence-corrected chi connectivity index (χ2v) is 5.89. The van der Waals surface area contributed by atoms with E-state index in [2.05, 4.69) is 4.98 Å². The number of aromatic nitrogens is 1. The summed E-state index contributed by atoms with van der Waals surface area (Å²) in [4.78, 5) is 15.9. The first-order valence-electron chi connectivity index (χ1n) is 6.93. The molecular formula is C16H17NO. The molecule has 0 radical (unpaired) electrons. The van der Waals surface area contributed by atoms with Gasteiger partial charge in [0.15, 0.2) is 5.78 Å². The Morgan fingerprint density at radius 3 is 2.83 bits per heavy atom. The molecule has 18 heavy (non-hydrogen) atoms. The largest absolute Gasteiger partial charge is 0.360 e. The normalized spacial score (nSPS) is 30.1. The van der Waals surface area contributed by atoms with Gasteiger partial charge in [-0.15, -0.1) is 0 Å². The fraction of sp³-hybridized carbons (Fsp3) is 0.438. The van der Waals surface area contributed by atoms with Gasteiger partial charge in [0.1, 0.15) is 0 Å². The molecule has 1 N–H and O–H groups in total. The van der Waals surface area contributed by atoms with E-state index in [1.165, 1.54) is 19.3 Å². The lowest BCUT2D eigenvalue weighted by Gasteiger charge is -2.19. The van der Waals surface area contributed by atoms with Crippen LogP contribution in [0.1, 0.15) is 36.0 Å². The number of carbonyl (C=O) groups is 1. The molecule has 2 aliphatic rings. The Morgan fingerprint density at radius 1 is 1.17 bits per heavy atom. The van der Waals surface area contributed by atoms with Crippen LogP contribution in [0.3, 0.4) is 0 Å². The van der Waals surface area contributed by atoms with Crippen LogP contribution in [0.2, 0.25) is 0 Å². The summed E-state index contributed by atoms with van der Waals surface area (Å²) in [5.74, 6) is 2.16. The number of Topliss-reactive ketones (excluding diaryl/α,β-unsaturated/α-hetero) is 1. The molecule has 0 aliphatic heterocycles. The van der Waals surface area contributed by atoms with Crippen LogP contribution in [0.4, 0.5) is 0 Å². The minimum absolute atomic E-state index is 0.294. The molecule has 1 aromatic heterocycles. The topological polar surface area (TPSA) is 32.9 Å². The van der Waals surface area contributed by atoms with Gasteiger partial charge in [-0.2, -0.15) is 0 Å². The van der Waals surface area contributed by atoms with Gasteiger partial charge in [-0.05, 0) is 37.2 Å². The molecular weight excluding hydrogens is 222 g/mol. The maximum absolute atomic E-state index is 12.7. The minimum Gasteiger partial charge on any atom is -0.360 e. The van der Waals surface area contributed by atoms with Crippen molar-refractivity contribution in [2.45, 2.75) is 25.7 Å². The SMILES string of the molecule is O=C(c1c[nH]c2ccccc12)C1CC2CCC1C2. The molecule has 1 heterocycles. The van der Waals surface area contributed by atoms with Gasteiger partial charge in [0.05, 0.1) is 0 Å². The lowest BCUT2D eigenvalue weighted by molar-refractivity contribution is 0.0876. The van der Waals surface area contributed by atoms with Crippen molar-refractivity contribution in [2.75, 3.05) is 0 Å². The zero-order valence-corrected chi connectivity index (χ0v) is 10.4. The van der Waals surface area contributed by atoms with Crippen molar-refractivity contribution in [1.29, 1.82) is 0 Å². The molecule has 3 atom stereocenters. The lowest BCUT2D eigenvalue weighted by Crippen LogP contribution is -2.20. The van der Waals surface area contributed by atoms with Crippen LogP contribution >= 0.6 is 0 Å². The molecule has 4 rings (SSSR count). The summed E-state index contributed by atoms with van der Waals surface area (Å²) in [6, 6.07) is 8.09. The summed E-state index contributed by atoms with van der Waals surface area (Å²) in [6.07, 6.45) is 6.94. The van der Waals surface area contributed by atoms with Crippen LogP contribution in [-0.2, 0) is 0 Å². The third-order valence-electron chi connectivity index (χ3n) is 4.93. The van der Waals surface area contributed by atoms with Crippen molar-refractivity contribution in [1.82, 2.24) is 4.98 Å². The Balaban J connectivity index is 1.72. The summed E-state index contributed by atoms with van der Waals surface area (Å²) in [7, 11) is 0. The Labute approximate surface area is 106 Å². The summed E-state index contributed by atoms with van der Waals surface area (Å²) < 4.78 is 0. The van der Waals surface area contributed by atoms with Crippen molar-refractivity contribution < 1.29 is 4.79 Å². The molecule has 2 bridgehead atoms. The number of hydrogen-bond donors (Lipinski definition) is 1. The van der Waals surface area contributed by atoms with Gasteiger partial charge in [0.2, 0.25) is 0 Å². The van der Waals surface area contributed by atoms with E-state index in [1.807, 2.05) is 30.5 Å². The van der Waals surface area contributed by atoms with Crippen LogP contribution in [0.25, 0.3) is 10.9 Å². The maximum atomic E-state index is 12.7. The van der Waals surface area contributed by atoms with Gasteiger partial charge in [-0.1, -0.05) is 24.6 Å². The average molecular weight is 239 g/mol. The number of benzene rings is 1. The van der Waals surface area contributed by atoms with Crippen LogP contribution in [-0.4, -0.2) is 10.8 Å². The molecule has 0 amide bonds. The van der Waals surface area contributed by atoms with E-state index in [0.29, 0.717) is 17.6 Å². The number of hydrogen-bond acceptors (Lipinski definition) is 1. The van der Waals surface area contributed by atoms with E-state index in [4.69, 9.17) is 0 Å². The predicted molar refractivity (Wildman–Crippen MR) is 71.6 cm³/mol. The zero-order chi connectivity index (χ0) is 12.1. The maximum Gasteiger partial charge on any atom is 0.168 e. The van der Waals surface area contributed by atoms with Gasteiger partial charge in [-0.3, -0.25) is 4.79 Å². The fourth-order valence-electron chi connectivity index (χ4n) is 4.04. The van der Waals surface area contributed by atoms with Gasteiger partial charge in [0.25, 0.3) is 0 Å². The van der Waals surface area contributed by atoms with Crippen molar-refractivity contribution in [3.05, 3.63) is 36.0 Å². The second kappa shape index (κ2) is 3.71. The standard InChI is InChI=1S/C16H17NO/c18-16(13-8-10-5-6-11(13)7-10)14-9-17-15-4-2-1-3-12(14)15/h1-4,9-11,13,17H,5-8H2. The highest BCUT2D eigenvalue weighted by molar-refractivity contribution is 6.09. The molecule has 2 fully saturated rings. The number of aromatic amines is 1. The van der Waals surface area contributed by atoms with Gasteiger partial charge in [0, 0.05) is 28.6 Å². The summed E-state index contributed by atoms with van der Waals surface area (Å²) in [5, 5.41) is 1.09. The quantitative estimate of drug-likeness (QED) is 0.795. The van der Waals surface area contributed by atoms with Crippen molar-refractivity contribution >= 4 is 16.7 Å². The van der Waals surface area contributed by atoms with Crippen LogP contribution in [0, 0.1) is 17.8 Å². The molecule has 2 aliphatic carbocycles. The summed E-state index contributed by atoms with van der Waals surface area (Å²) in [5.41, 5.74) is 1.98. The van der Waals surface area contributed by atoms with Crippen LogP contribution in [0.5, 0.6) is 0 Å². The summed E-state index contributed by atoms with van der Waals surface area (Å²) in [6.45, 7) is 0. The van der Waals surface area contributed by atoms with Gasteiger partial charge < -0.3 is 4.98 Å². The van der Waals surface area contributed by atoms with E-state index in [-0.39, 0.29) is 0 Å². The molecule has 2 heteroatoms. The molecule has 1 aromatic carbocycles. The van der Waals surface area contributed by atoms with E-state index < -0.39 is 0 Å². The highest BCUT2D eigenvalue weighted by Gasteiger charge is 2.43. The number of fused-ring (bicyclic) bond motifs is 3. The van der Waals surface area contributed by atoms with Crippen molar-refractivity contribution in [2.24, 2.45) is 17.8 Å². The van der Waals surface area contributed by atoms with E-state index in [9.17, 15) is 4.79 Å². The van der Waals surface area contributed by atoms with E-state index in [1.54, 1.807) is 0 Å². The highest BCUT2D eigenvalue weighted by Crippen LogP contribution is 2.49. The molecule has 92 valence electrons. The average Bonchev–Trinajstić information content (AvgIpc) is 3.12. The van der Waals surface area contributed by atoms with Crippen LogP contribution < -0.4 is 0 Å². The first-order chi connectivity index (χ1) is 8.83. The van der Waals surface area contributed by atoms with Crippen molar-refractivity contribution in [3.63, 3.8) is 0 Å². The van der Waals surface area contributed by atoms with Gasteiger partial charge >= 0.3 is 0 Å². The van der Waals surface area contributed by atoms with E-state index in [0.717, 1.165) is 28.8 Å². The smallest absolute Gasteiger partial charge is 0.168 e. The number of nitrogens with one attached hydrogen (secondary N) is 1. The first kappa shape index (κ1) is 10.4. The Morgan fingerprint density at radius 2 is 2.06 bits per heavy atom. The monoisotopic (exact) mass is 239 g/mol. The minimum atomic E-state index is 0.294. The number of H-pyrrole nitrogens is 1. The molecule has 3 unspecified atom stereocenters. The fourth-order valence-corrected chi connectivity index (χ4v) is 4.04. The predicted octanol–water partition coefficient (Wildman–Crippen LogP) is 3.79. The number of rotatable bonds is 2. The molecule has 2 saturated carbocycles. The van der Waals surface area contributed by atoms with Gasteiger partial charge in [-0.25, -0.2) is 0 Å². The molecule has 2 nitrogen and oxygen atoms in total. The number of para-hydroxylation sites is 1. The Bertz CT molecular complexity index is 612. The molecule has 0 saturated heterocycles. The Kier molecular flexibility index (Phi) is 2.14. The summed E-state index contributed by atoms with van der Waals surface area (Å²) >= 11 is 0. The third-order valence-corrected chi connectivity index (χ3v) is 4.93. The number of ketones is 1. The molecule has 0 spiro atoms. The zero-order valence-electron chi connectivity index (χ0n) is 10.4.